The van der Waals surface area contributed by atoms with Crippen LogP contribution in [0.25, 0.3) is 0 Å². The van der Waals surface area contributed by atoms with Gasteiger partial charge in [-0.05, 0) is 37.6 Å². The van der Waals surface area contributed by atoms with Crippen LogP contribution in [0.4, 0.5) is 4.39 Å². The third-order valence-corrected chi connectivity index (χ3v) is 3.31. The molecule has 0 amide bonds. The van der Waals surface area contributed by atoms with Gasteiger partial charge in [-0.2, -0.15) is 5.26 Å². The second-order valence-corrected chi connectivity index (χ2v) is 4.84. The summed E-state index contributed by atoms with van der Waals surface area (Å²) in [5.74, 6) is 0.160. The highest BCUT2D eigenvalue weighted by atomic mass is 19.1. The maximum absolute atomic E-state index is 12.8. The Labute approximate surface area is 132 Å². The molecule has 0 N–H and O–H groups in total. The summed E-state index contributed by atoms with van der Waals surface area (Å²) in [6.07, 6.45) is 1.68. The van der Waals surface area contributed by atoms with Gasteiger partial charge in [0.15, 0.2) is 0 Å². The Morgan fingerprint density at radius 1 is 1.26 bits per heavy atom. The Bertz CT molecular complexity index is 832. The van der Waals surface area contributed by atoms with E-state index in [0.717, 1.165) is 4.57 Å². The van der Waals surface area contributed by atoms with E-state index in [1.54, 1.807) is 13.0 Å². The van der Waals surface area contributed by atoms with Crippen LogP contribution >= 0.6 is 0 Å². The Morgan fingerprint density at radius 2 is 1.96 bits per heavy atom. The molecule has 0 bridgehead atoms. The summed E-state index contributed by atoms with van der Waals surface area (Å²) in [4.78, 5) is 24.2. The van der Waals surface area contributed by atoms with E-state index < -0.39 is 11.2 Å². The predicted octanol–water partition coefficient (Wildman–Crippen LogP) is 1.51. The molecular weight excluding hydrogens is 301 g/mol. The molecule has 1 aromatic heterocycles. The van der Waals surface area contributed by atoms with Crippen LogP contribution in [0.3, 0.4) is 0 Å². The highest BCUT2D eigenvalue weighted by molar-refractivity contribution is 5.23. The molecule has 120 valence electrons. The van der Waals surface area contributed by atoms with Crippen LogP contribution in [-0.2, 0) is 13.1 Å². The number of aromatic nitrogens is 2. The van der Waals surface area contributed by atoms with E-state index in [4.69, 9.17) is 10.00 Å². The van der Waals surface area contributed by atoms with Gasteiger partial charge in [0.1, 0.15) is 23.2 Å². The smallest absolute Gasteiger partial charge is 0.331 e. The Hall–Kier alpha value is -2.88. The molecule has 2 aromatic rings. The van der Waals surface area contributed by atoms with Gasteiger partial charge >= 0.3 is 5.69 Å². The Balaban J connectivity index is 2.06. The first-order valence-electron chi connectivity index (χ1n) is 7.19. The molecule has 0 fully saturated rings. The second kappa shape index (κ2) is 7.40. The van der Waals surface area contributed by atoms with Crippen LogP contribution in [0.5, 0.6) is 5.75 Å². The van der Waals surface area contributed by atoms with Crippen molar-refractivity contribution in [2.45, 2.75) is 26.4 Å². The average molecular weight is 317 g/mol. The highest BCUT2D eigenvalue weighted by Gasteiger charge is 2.10. The lowest BCUT2D eigenvalue weighted by Gasteiger charge is -2.10. The van der Waals surface area contributed by atoms with Crippen molar-refractivity contribution in [3.8, 4) is 11.8 Å². The minimum absolute atomic E-state index is 0.0640. The first-order chi connectivity index (χ1) is 11.1. The number of halogens is 1. The molecule has 2 rings (SSSR count). The van der Waals surface area contributed by atoms with Gasteiger partial charge < -0.3 is 4.74 Å². The fourth-order valence-electron chi connectivity index (χ4n) is 2.10. The minimum Gasteiger partial charge on any atom is -0.494 e. The van der Waals surface area contributed by atoms with E-state index in [2.05, 4.69) is 0 Å². The fourth-order valence-corrected chi connectivity index (χ4v) is 2.10. The number of nitrogens with zero attached hydrogens (tertiary/aromatic N) is 3. The molecule has 0 saturated carbocycles. The van der Waals surface area contributed by atoms with Crippen molar-refractivity contribution in [2.24, 2.45) is 0 Å². The molecule has 0 atom stereocenters. The van der Waals surface area contributed by atoms with Gasteiger partial charge in [0.2, 0.25) is 0 Å². The van der Waals surface area contributed by atoms with E-state index in [0.29, 0.717) is 18.7 Å². The molecule has 0 aliphatic heterocycles. The van der Waals surface area contributed by atoms with Crippen molar-refractivity contribution in [1.29, 1.82) is 5.26 Å². The number of ether oxygens (including phenoxy) is 1. The zero-order chi connectivity index (χ0) is 16.8. The summed E-state index contributed by atoms with van der Waals surface area (Å²) >= 11 is 0. The van der Waals surface area contributed by atoms with E-state index in [-0.39, 0.29) is 24.5 Å². The van der Waals surface area contributed by atoms with E-state index in [1.807, 2.05) is 0 Å². The summed E-state index contributed by atoms with van der Waals surface area (Å²) in [6, 6.07) is 7.38. The lowest BCUT2D eigenvalue weighted by Crippen LogP contribution is -2.41. The van der Waals surface area contributed by atoms with Gasteiger partial charge in [-0.3, -0.25) is 13.9 Å². The van der Waals surface area contributed by atoms with Crippen molar-refractivity contribution < 1.29 is 9.13 Å². The summed E-state index contributed by atoms with van der Waals surface area (Å²) < 4.78 is 20.5. The maximum Gasteiger partial charge on any atom is 0.331 e. The minimum atomic E-state index is -0.594. The summed E-state index contributed by atoms with van der Waals surface area (Å²) in [5, 5.41) is 8.96. The molecule has 0 unspecified atom stereocenters. The summed E-state index contributed by atoms with van der Waals surface area (Å²) in [7, 11) is 0. The highest BCUT2D eigenvalue weighted by Crippen LogP contribution is 2.11. The molecule has 0 aliphatic rings. The van der Waals surface area contributed by atoms with E-state index in [1.165, 1.54) is 35.0 Å². The van der Waals surface area contributed by atoms with Crippen LogP contribution in [0.2, 0.25) is 0 Å². The fraction of sp³-hybridized carbons (Fsp3) is 0.312. The van der Waals surface area contributed by atoms with Gasteiger partial charge in [-0.1, -0.05) is 0 Å². The van der Waals surface area contributed by atoms with Gasteiger partial charge in [0, 0.05) is 19.3 Å². The van der Waals surface area contributed by atoms with Crippen molar-refractivity contribution in [3.63, 3.8) is 0 Å². The molecule has 1 aromatic carbocycles. The SMILES string of the molecule is CCn1cc(C#N)c(=O)n(CCCOc2ccc(F)cc2)c1=O. The number of rotatable bonds is 6. The monoisotopic (exact) mass is 317 g/mol. The van der Waals surface area contributed by atoms with Crippen LogP contribution in [0.1, 0.15) is 18.9 Å². The molecule has 0 saturated heterocycles. The predicted molar refractivity (Wildman–Crippen MR) is 81.9 cm³/mol. The largest absolute Gasteiger partial charge is 0.494 e. The average Bonchev–Trinajstić information content (AvgIpc) is 2.56. The third kappa shape index (κ3) is 3.86. The second-order valence-electron chi connectivity index (χ2n) is 4.84. The first kappa shape index (κ1) is 16.5. The van der Waals surface area contributed by atoms with Gasteiger partial charge in [-0.15, -0.1) is 0 Å². The van der Waals surface area contributed by atoms with Crippen LogP contribution < -0.4 is 16.0 Å². The molecule has 6 nitrogen and oxygen atoms in total. The summed E-state index contributed by atoms with van der Waals surface area (Å²) in [5.41, 5.74) is -1.10. The Morgan fingerprint density at radius 3 is 2.57 bits per heavy atom. The van der Waals surface area contributed by atoms with Crippen LogP contribution in [0, 0.1) is 17.1 Å². The standard InChI is InChI=1S/C16H16FN3O3/c1-2-19-11-12(10-18)15(21)20(16(19)22)8-3-9-23-14-6-4-13(17)5-7-14/h4-7,11H,2-3,8-9H2,1H3. The van der Waals surface area contributed by atoms with Crippen LogP contribution in [-0.4, -0.2) is 15.7 Å². The van der Waals surface area contributed by atoms with E-state index >= 15 is 0 Å². The normalized spacial score (nSPS) is 10.3. The van der Waals surface area contributed by atoms with Crippen LogP contribution in [0.15, 0.2) is 40.1 Å². The number of hydrogen-bond donors (Lipinski definition) is 0. The molecule has 0 radical (unpaired) electrons. The molecule has 23 heavy (non-hydrogen) atoms. The lowest BCUT2D eigenvalue weighted by molar-refractivity contribution is 0.298. The zero-order valence-electron chi connectivity index (χ0n) is 12.7. The first-order valence-corrected chi connectivity index (χ1v) is 7.19. The molecule has 7 heteroatoms. The molecule has 0 spiro atoms. The number of aryl methyl sites for hydroxylation is 1. The molecular formula is C16H16FN3O3. The maximum atomic E-state index is 12.8. The zero-order valence-corrected chi connectivity index (χ0v) is 12.7. The summed E-state index contributed by atoms with van der Waals surface area (Å²) in [6.45, 7) is 2.55. The lowest BCUT2D eigenvalue weighted by atomic mass is 10.3. The number of hydrogen-bond acceptors (Lipinski definition) is 4. The van der Waals surface area contributed by atoms with E-state index in [9.17, 15) is 14.0 Å². The van der Waals surface area contributed by atoms with Crippen molar-refractivity contribution >= 4 is 0 Å². The number of benzene rings is 1. The quantitative estimate of drug-likeness (QED) is 0.757. The van der Waals surface area contributed by atoms with Crippen molar-refractivity contribution in [1.82, 2.24) is 9.13 Å². The third-order valence-electron chi connectivity index (χ3n) is 3.31. The van der Waals surface area contributed by atoms with Gasteiger partial charge in [0.25, 0.3) is 5.56 Å². The molecule has 0 aliphatic carbocycles. The van der Waals surface area contributed by atoms with Gasteiger partial charge in [0.05, 0.1) is 6.61 Å². The Kier molecular flexibility index (Phi) is 5.31. The van der Waals surface area contributed by atoms with Gasteiger partial charge in [-0.25, -0.2) is 9.18 Å². The number of nitriles is 1. The van der Waals surface area contributed by atoms with Crippen molar-refractivity contribution in [2.75, 3.05) is 6.61 Å². The topological polar surface area (TPSA) is 77.0 Å². The van der Waals surface area contributed by atoms with Crippen molar-refractivity contribution in [3.05, 3.63) is 62.7 Å². The molecule has 1 heterocycles.